The first kappa shape index (κ1) is 13.0. The predicted octanol–water partition coefficient (Wildman–Crippen LogP) is 0.0479. The third kappa shape index (κ3) is 2.54. The Balaban J connectivity index is 2.20. The van der Waals surface area contributed by atoms with Crippen molar-refractivity contribution in [3.63, 3.8) is 0 Å². The number of nitrogens with zero attached hydrogens (tertiary/aromatic N) is 2. The number of rotatable bonds is 4. The first-order valence-electron chi connectivity index (χ1n) is 5.60. The highest BCUT2D eigenvalue weighted by atomic mass is 19.1. The molecule has 0 amide bonds. The van der Waals surface area contributed by atoms with Gasteiger partial charge < -0.3 is 14.8 Å². The van der Waals surface area contributed by atoms with Crippen LogP contribution in [0.5, 0.6) is 0 Å². The summed E-state index contributed by atoms with van der Waals surface area (Å²) < 4.78 is 25.2. The molecule has 6 nitrogen and oxygen atoms in total. The summed E-state index contributed by atoms with van der Waals surface area (Å²) in [7, 11) is 4.97. The van der Waals surface area contributed by atoms with Gasteiger partial charge in [-0.3, -0.25) is 4.57 Å². The maximum atomic E-state index is 13.6. The maximum absolute atomic E-state index is 13.6. The van der Waals surface area contributed by atoms with Gasteiger partial charge in [0.15, 0.2) is 18.9 Å². The Labute approximate surface area is 104 Å². The molecule has 1 aromatic rings. The summed E-state index contributed by atoms with van der Waals surface area (Å²) >= 11 is 0. The minimum Gasteiger partial charge on any atom is -0.383 e. The number of anilines is 1. The zero-order valence-corrected chi connectivity index (χ0v) is 10.2. The summed E-state index contributed by atoms with van der Waals surface area (Å²) in [6.45, 7) is 0.412. The van der Waals surface area contributed by atoms with Crippen LogP contribution in [-0.4, -0.2) is 43.6 Å². The summed E-state index contributed by atoms with van der Waals surface area (Å²) in [5, 5.41) is 2.51. The topological polar surface area (TPSA) is 65.4 Å². The molecular weight excluding hydrogens is 240 g/mol. The van der Waals surface area contributed by atoms with Crippen LogP contribution in [0.1, 0.15) is 6.23 Å². The lowest BCUT2D eigenvalue weighted by molar-refractivity contribution is -0.0185. The van der Waals surface area contributed by atoms with Crippen molar-refractivity contribution in [1.29, 1.82) is 0 Å². The van der Waals surface area contributed by atoms with Gasteiger partial charge in [-0.15, -0.1) is 0 Å². The van der Waals surface area contributed by atoms with Crippen LogP contribution in [0.15, 0.2) is 11.0 Å². The van der Waals surface area contributed by atoms with E-state index in [2.05, 4.69) is 10.3 Å². The average molecular weight is 254 g/mol. The van der Waals surface area contributed by atoms with Gasteiger partial charge in [0.1, 0.15) is 6.23 Å². The number of aromatic nitrogens is 2. The van der Waals surface area contributed by atoms with Gasteiger partial charge in [-0.05, 0) is 6.32 Å². The molecule has 0 saturated carbocycles. The average Bonchev–Trinajstić information content (AvgIpc) is 2.80. The first-order chi connectivity index (χ1) is 8.65. The van der Waals surface area contributed by atoms with Gasteiger partial charge in [0.05, 0.1) is 18.8 Å². The van der Waals surface area contributed by atoms with Gasteiger partial charge >= 0.3 is 5.69 Å². The SMILES string of the molecule is CNc1nc(=O)n(C2C[B]C(COC)O2)cc1F. The summed E-state index contributed by atoms with van der Waals surface area (Å²) in [6, 6.07) is -0.182. The van der Waals surface area contributed by atoms with Crippen LogP contribution in [0, 0.1) is 5.82 Å². The lowest BCUT2D eigenvalue weighted by atomic mass is 9.70. The van der Waals surface area contributed by atoms with Crippen LogP contribution in [0.25, 0.3) is 0 Å². The number of methoxy groups -OCH3 is 1. The van der Waals surface area contributed by atoms with Crippen molar-refractivity contribution in [2.75, 3.05) is 26.1 Å². The van der Waals surface area contributed by atoms with E-state index in [0.29, 0.717) is 12.9 Å². The molecule has 1 saturated heterocycles. The van der Waals surface area contributed by atoms with E-state index in [9.17, 15) is 9.18 Å². The quantitative estimate of drug-likeness (QED) is 0.769. The third-order valence-electron chi connectivity index (χ3n) is 2.72. The van der Waals surface area contributed by atoms with Crippen molar-refractivity contribution in [3.8, 4) is 0 Å². The molecule has 2 atom stereocenters. The number of nitrogens with one attached hydrogen (secondary N) is 1. The van der Waals surface area contributed by atoms with E-state index < -0.39 is 17.7 Å². The number of ether oxygens (including phenoxy) is 2. The van der Waals surface area contributed by atoms with Crippen LogP contribution in [0.3, 0.4) is 0 Å². The van der Waals surface area contributed by atoms with Crippen molar-refractivity contribution in [1.82, 2.24) is 9.55 Å². The fraction of sp³-hybridized carbons (Fsp3) is 0.600. The molecule has 8 heteroatoms. The Morgan fingerprint density at radius 2 is 2.56 bits per heavy atom. The van der Waals surface area contributed by atoms with Crippen LogP contribution >= 0.6 is 0 Å². The summed E-state index contributed by atoms with van der Waals surface area (Å²) in [5.74, 6) is -0.650. The highest BCUT2D eigenvalue weighted by molar-refractivity contribution is 6.38. The molecule has 0 aromatic carbocycles. The normalized spacial score (nSPS) is 22.8. The second-order valence-electron chi connectivity index (χ2n) is 3.93. The van der Waals surface area contributed by atoms with Crippen LogP contribution in [0.4, 0.5) is 10.2 Å². The minimum atomic E-state index is -0.587. The van der Waals surface area contributed by atoms with Crippen molar-refractivity contribution >= 4 is 13.1 Å². The lowest BCUT2D eigenvalue weighted by Crippen LogP contribution is -2.28. The summed E-state index contributed by atoms with van der Waals surface area (Å²) in [5.41, 5.74) is -0.544. The van der Waals surface area contributed by atoms with Crippen molar-refractivity contribution in [2.24, 2.45) is 0 Å². The van der Waals surface area contributed by atoms with E-state index in [0.717, 1.165) is 10.8 Å². The molecule has 18 heavy (non-hydrogen) atoms. The van der Waals surface area contributed by atoms with Crippen molar-refractivity contribution in [2.45, 2.75) is 18.6 Å². The molecule has 1 aliphatic heterocycles. The Morgan fingerprint density at radius 3 is 3.22 bits per heavy atom. The largest absolute Gasteiger partial charge is 0.383 e. The molecule has 0 spiro atoms. The monoisotopic (exact) mass is 254 g/mol. The molecule has 1 N–H and O–H groups in total. The fourth-order valence-corrected chi connectivity index (χ4v) is 1.86. The highest BCUT2D eigenvalue weighted by Gasteiger charge is 2.28. The van der Waals surface area contributed by atoms with E-state index in [4.69, 9.17) is 9.47 Å². The molecule has 0 aliphatic carbocycles. The molecule has 0 bridgehead atoms. The van der Waals surface area contributed by atoms with Gasteiger partial charge in [-0.2, -0.15) is 4.98 Å². The Bertz CT molecular complexity index is 482. The summed E-state index contributed by atoms with van der Waals surface area (Å²) in [4.78, 5) is 15.3. The molecule has 1 fully saturated rings. The predicted molar refractivity (Wildman–Crippen MR) is 64.3 cm³/mol. The van der Waals surface area contributed by atoms with Gasteiger partial charge in [0.25, 0.3) is 0 Å². The third-order valence-corrected chi connectivity index (χ3v) is 2.72. The van der Waals surface area contributed by atoms with E-state index >= 15 is 0 Å². The highest BCUT2D eigenvalue weighted by Crippen LogP contribution is 2.23. The van der Waals surface area contributed by atoms with Crippen LogP contribution in [0.2, 0.25) is 6.32 Å². The smallest absolute Gasteiger partial charge is 0.351 e. The van der Waals surface area contributed by atoms with E-state index in [1.54, 1.807) is 7.11 Å². The van der Waals surface area contributed by atoms with E-state index in [-0.39, 0.29) is 11.8 Å². The number of hydrogen-bond donors (Lipinski definition) is 1. The second-order valence-corrected chi connectivity index (χ2v) is 3.93. The molecular formula is C10H14BFN3O3. The zero-order valence-electron chi connectivity index (χ0n) is 10.2. The lowest BCUT2D eigenvalue weighted by Gasteiger charge is -2.16. The van der Waals surface area contributed by atoms with Gasteiger partial charge in [-0.1, -0.05) is 0 Å². The van der Waals surface area contributed by atoms with Gasteiger partial charge in [0, 0.05) is 14.2 Å². The van der Waals surface area contributed by atoms with Gasteiger partial charge in [-0.25, -0.2) is 9.18 Å². The number of hydrogen-bond acceptors (Lipinski definition) is 5. The Kier molecular flexibility index (Phi) is 3.98. The van der Waals surface area contributed by atoms with Gasteiger partial charge in [0.2, 0.25) is 0 Å². The van der Waals surface area contributed by atoms with Crippen LogP contribution in [-0.2, 0) is 9.47 Å². The standard InChI is InChI=1S/C10H14BFN3O3/c1-13-9-6(12)4-15(10(16)14-9)8-3-11-7(18-8)5-17-2/h4,7-8H,3,5H2,1-2H3,(H,13,14,16). The molecule has 2 unspecified atom stereocenters. The molecule has 2 heterocycles. The second kappa shape index (κ2) is 5.49. The molecule has 1 aromatic heterocycles. The Hall–Kier alpha value is -1.41. The molecule has 1 aliphatic rings. The molecule has 2 rings (SSSR count). The maximum Gasteiger partial charge on any atom is 0.351 e. The summed E-state index contributed by atoms with van der Waals surface area (Å²) in [6.07, 6.45) is 1.11. The Morgan fingerprint density at radius 1 is 1.78 bits per heavy atom. The van der Waals surface area contributed by atoms with Crippen molar-refractivity contribution < 1.29 is 13.9 Å². The minimum absolute atomic E-state index is 0.0633. The van der Waals surface area contributed by atoms with Crippen molar-refractivity contribution in [3.05, 3.63) is 22.5 Å². The van der Waals surface area contributed by atoms with E-state index in [1.165, 1.54) is 7.05 Å². The fourth-order valence-electron chi connectivity index (χ4n) is 1.86. The zero-order chi connectivity index (χ0) is 13.1. The number of halogens is 1. The van der Waals surface area contributed by atoms with E-state index in [1.807, 2.05) is 7.28 Å². The first-order valence-corrected chi connectivity index (χ1v) is 5.60. The molecule has 1 radical (unpaired) electrons. The molecule has 97 valence electrons. The van der Waals surface area contributed by atoms with Crippen LogP contribution < -0.4 is 11.0 Å².